The van der Waals surface area contributed by atoms with Gasteiger partial charge in [-0.2, -0.15) is 0 Å². The molecule has 0 amide bonds. The molecule has 5 nitrogen and oxygen atoms in total. The van der Waals surface area contributed by atoms with Gasteiger partial charge in [-0.3, -0.25) is 4.57 Å². The molecule has 0 saturated heterocycles. The molecular weight excluding hydrogens is 267 g/mol. The molecule has 19 heavy (non-hydrogen) atoms. The summed E-state index contributed by atoms with van der Waals surface area (Å²) in [5.41, 5.74) is 0.559. The molecule has 0 aliphatic carbocycles. The Morgan fingerprint density at radius 2 is 2.26 bits per heavy atom. The van der Waals surface area contributed by atoms with E-state index in [1.165, 1.54) is 10.6 Å². The van der Waals surface area contributed by atoms with Gasteiger partial charge < -0.3 is 5.32 Å². The first kappa shape index (κ1) is 13.8. The van der Waals surface area contributed by atoms with E-state index in [0.29, 0.717) is 10.1 Å². The third-order valence-corrected chi connectivity index (χ3v) is 4.03. The van der Waals surface area contributed by atoms with Crippen molar-refractivity contribution in [1.29, 1.82) is 0 Å². The van der Waals surface area contributed by atoms with Gasteiger partial charge in [-0.15, -0.1) is 5.10 Å². The molecule has 7 heteroatoms. The lowest BCUT2D eigenvalue weighted by Gasteiger charge is -2.11. The maximum absolute atomic E-state index is 14.0. The van der Waals surface area contributed by atoms with Crippen LogP contribution in [0.25, 0.3) is 0 Å². The van der Waals surface area contributed by atoms with Gasteiger partial charge in [0.1, 0.15) is 5.82 Å². The van der Waals surface area contributed by atoms with Gasteiger partial charge in [0.25, 0.3) is 0 Å². The molecule has 1 heterocycles. The molecule has 0 spiro atoms. The lowest BCUT2D eigenvalue weighted by Crippen LogP contribution is -2.13. The summed E-state index contributed by atoms with van der Waals surface area (Å²) in [7, 11) is 3.41. The molecule has 2 N–H and O–H groups in total. The third-order valence-electron chi connectivity index (χ3n) is 2.93. The molecule has 0 aliphatic heterocycles. The number of benzene rings is 1. The third kappa shape index (κ3) is 2.87. The van der Waals surface area contributed by atoms with Crippen molar-refractivity contribution in [2.24, 2.45) is 7.05 Å². The van der Waals surface area contributed by atoms with Gasteiger partial charge in [-0.05, 0) is 43.4 Å². The largest absolute Gasteiger partial charge is 0.343 e. The average Bonchev–Trinajstić information content (AvgIpc) is 2.72. The predicted octanol–water partition coefficient (Wildman–Crippen LogP) is 1.68. The molecule has 0 aliphatic rings. The number of rotatable bonds is 4. The van der Waals surface area contributed by atoms with Gasteiger partial charge in [0.2, 0.25) is 0 Å². The number of hydrogen-bond acceptors (Lipinski definition) is 4. The molecule has 2 aromatic rings. The van der Waals surface area contributed by atoms with Crippen LogP contribution in [-0.4, -0.2) is 21.8 Å². The first-order valence-electron chi connectivity index (χ1n) is 5.79. The molecule has 0 saturated carbocycles. The molecule has 1 unspecified atom stereocenters. The zero-order chi connectivity index (χ0) is 14.0. The summed E-state index contributed by atoms with van der Waals surface area (Å²) >= 11 is 1.11. The first-order valence-corrected chi connectivity index (χ1v) is 6.60. The second kappa shape index (κ2) is 5.58. The quantitative estimate of drug-likeness (QED) is 0.895. The van der Waals surface area contributed by atoms with Crippen molar-refractivity contribution in [3.05, 3.63) is 40.1 Å². The molecule has 1 aromatic heterocycles. The molecule has 0 bridgehead atoms. The highest BCUT2D eigenvalue weighted by atomic mass is 32.2. The van der Waals surface area contributed by atoms with Crippen molar-refractivity contribution in [1.82, 2.24) is 20.1 Å². The summed E-state index contributed by atoms with van der Waals surface area (Å²) in [6.07, 6.45) is 0. The summed E-state index contributed by atoms with van der Waals surface area (Å²) in [5.74, 6) is -0.319. The monoisotopic (exact) mass is 282 g/mol. The fourth-order valence-electron chi connectivity index (χ4n) is 1.56. The van der Waals surface area contributed by atoms with Crippen LogP contribution in [0.3, 0.4) is 0 Å². The Balaban J connectivity index is 2.27. The van der Waals surface area contributed by atoms with Crippen LogP contribution < -0.4 is 11.0 Å². The number of aromatic nitrogens is 3. The molecule has 2 rings (SSSR count). The highest BCUT2D eigenvalue weighted by molar-refractivity contribution is 7.99. The van der Waals surface area contributed by atoms with Crippen LogP contribution in [0.5, 0.6) is 0 Å². The van der Waals surface area contributed by atoms with E-state index >= 15 is 0 Å². The van der Waals surface area contributed by atoms with Crippen molar-refractivity contribution >= 4 is 11.8 Å². The van der Waals surface area contributed by atoms with Crippen molar-refractivity contribution in [2.45, 2.75) is 23.0 Å². The zero-order valence-corrected chi connectivity index (χ0v) is 11.7. The minimum absolute atomic E-state index is 0.0864. The van der Waals surface area contributed by atoms with E-state index in [4.69, 9.17) is 0 Å². The Kier molecular flexibility index (Phi) is 4.06. The Hall–Kier alpha value is -1.60. The van der Waals surface area contributed by atoms with E-state index < -0.39 is 0 Å². The van der Waals surface area contributed by atoms with Crippen LogP contribution in [0, 0.1) is 5.82 Å². The number of aromatic amines is 1. The van der Waals surface area contributed by atoms with Gasteiger partial charge in [0.05, 0.1) is 4.90 Å². The van der Waals surface area contributed by atoms with Crippen molar-refractivity contribution < 1.29 is 4.39 Å². The van der Waals surface area contributed by atoms with E-state index in [1.54, 1.807) is 13.1 Å². The second-order valence-corrected chi connectivity index (χ2v) is 5.18. The summed E-state index contributed by atoms with van der Waals surface area (Å²) < 4.78 is 15.3. The van der Waals surface area contributed by atoms with Crippen molar-refractivity contribution in [3.8, 4) is 0 Å². The summed E-state index contributed by atoms with van der Waals surface area (Å²) in [6.45, 7) is 1.96. The fourth-order valence-corrected chi connectivity index (χ4v) is 2.36. The Labute approximate surface area is 114 Å². The number of H-pyrrole nitrogens is 1. The van der Waals surface area contributed by atoms with Crippen LogP contribution in [-0.2, 0) is 7.05 Å². The number of halogens is 1. The van der Waals surface area contributed by atoms with E-state index in [1.807, 2.05) is 20.0 Å². The fraction of sp³-hybridized carbons (Fsp3) is 0.333. The topological polar surface area (TPSA) is 62.7 Å². The standard InChI is InChI=1S/C12H15FN4OS/c1-7(14-2)8-4-5-10(9(13)6-8)19-12-16-15-11(18)17(12)3/h4-7,14H,1-3H3,(H,15,18). The molecule has 0 radical (unpaired) electrons. The summed E-state index contributed by atoms with van der Waals surface area (Å²) in [4.78, 5) is 11.7. The SMILES string of the molecule is CNC(C)c1ccc(Sc2n[nH]c(=O)n2C)c(F)c1. The Bertz CT molecular complexity index is 637. The van der Waals surface area contributed by atoms with E-state index in [2.05, 4.69) is 15.5 Å². The maximum Gasteiger partial charge on any atom is 0.343 e. The Morgan fingerprint density at radius 3 is 2.79 bits per heavy atom. The lowest BCUT2D eigenvalue weighted by molar-refractivity contribution is 0.587. The predicted molar refractivity (Wildman–Crippen MR) is 71.8 cm³/mol. The summed E-state index contributed by atoms with van der Waals surface area (Å²) in [6, 6.07) is 5.14. The Morgan fingerprint density at radius 1 is 1.53 bits per heavy atom. The molecule has 1 atom stereocenters. The number of hydrogen-bond donors (Lipinski definition) is 2. The number of nitrogens with zero attached hydrogens (tertiary/aromatic N) is 2. The number of nitrogens with one attached hydrogen (secondary N) is 2. The van der Waals surface area contributed by atoms with Gasteiger partial charge in [-0.25, -0.2) is 14.3 Å². The molecular formula is C12H15FN4OS. The lowest BCUT2D eigenvalue weighted by atomic mass is 10.1. The molecule has 0 fully saturated rings. The van der Waals surface area contributed by atoms with Crippen LogP contribution >= 0.6 is 11.8 Å². The molecule has 102 valence electrons. The van der Waals surface area contributed by atoms with E-state index in [-0.39, 0.29) is 17.5 Å². The second-order valence-electron chi connectivity index (χ2n) is 4.17. The van der Waals surface area contributed by atoms with Crippen LogP contribution in [0.1, 0.15) is 18.5 Å². The minimum Gasteiger partial charge on any atom is -0.313 e. The smallest absolute Gasteiger partial charge is 0.313 e. The van der Waals surface area contributed by atoms with Crippen molar-refractivity contribution in [3.63, 3.8) is 0 Å². The maximum atomic E-state index is 14.0. The van der Waals surface area contributed by atoms with Crippen molar-refractivity contribution in [2.75, 3.05) is 7.05 Å². The van der Waals surface area contributed by atoms with Gasteiger partial charge in [-0.1, -0.05) is 6.07 Å². The van der Waals surface area contributed by atoms with E-state index in [0.717, 1.165) is 17.3 Å². The minimum atomic E-state index is -0.319. The van der Waals surface area contributed by atoms with Gasteiger partial charge >= 0.3 is 5.69 Å². The molecule has 1 aromatic carbocycles. The van der Waals surface area contributed by atoms with Gasteiger partial charge in [0, 0.05) is 13.1 Å². The highest BCUT2D eigenvalue weighted by Gasteiger charge is 2.12. The average molecular weight is 282 g/mol. The van der Waals surface area contributed by atoms with Crippen LogP contribution in [0.4, 0.5) is 4.39 Å². The van der Waals surface area contributed by atoms with Crippen LogP contribution in [0.15, 0.2) is 33.0 Å². The van der Waals surface area contributed by atoms with Gasteiger partial charge in [0.15, 0.2) is 5.16 Å². The highest BCUT2D eigenvalue weighted by Crippen LogP contribution is 2.29. The van der Waals surface area contributed by atoms with E-state index in [9.17, 15) is 9.18 Å². The van der Waals surface area contributed by atoms with Crippen LogP contribution in [0.2, 0.25) is 0 Å². The normalized spacial score (nSPS) is 12.6. The summed E-state index contributed by atoms with van der Waals surface area (Å²) in [5, 5.41) is 9.64. The zero-order valence-electron chi connectivity index (χ0n) is 10.9. The first-order chi connectivity index (χ1) is 9.02.